The van der Waals surface area contributed by atoms with E-state index in [9.17, 15) is 8.42 Å². The molecule has 4 heteroatoms. The summed E-state index contributed by atoms with van der Waals surface area (Å²) in [6.45, 7) is 6.97. The number of aryl methyl sites for hydroxylation is 1. The van der Waals surface area contributed by atoms with Gasteiger partial charge in [0.25, 0.3) is 0 Å². The molecule has 3 nitrogen and oxygen atoms in total. The molecule has 1 aromatic rings. The number of benzene rings is 1. The highest BCUT2D eigenvalue weighted by Gasteiger charge is 2.14. The Hall–Kier alpha value is -0.870. The zero-order valence-electron chi connectivity index (χ0n) is 11.4. The van der Waals surface area contributed by atoms with Crippen LogP contribution in [0, 0.1) is 6.92 Å². The Morgan fingerprint density at radius 2 is 2.06 bits per heavy atom. The first-order chi connectivity index (χ1) is 8.45. The van der Waals surface area contributed by atoms with E-state index >= 15 is 0 Å². The standard InChI is InChI=1S/C14H23NO2S/c1-4-15-13(3)8-6-10-18(16,17)14-9-5-7-12(2)11-14/h5,7,9,11,13,15H,4,6,8,10H2,1-3H3. The van der Waals surface area contributed by atoms with E-state index in [-0.39, 0.29) is 5.75 Å². The summed E-state index contributed by atoms with van der Waals surface area (Å²) in [5.74, 6) is 0.228. The van der Waals surface area contributed by atoms with Gasteiger partial charge >= 0.3 is 0 Å². The fourth-order valence-electron chi connectivity index (χ4n) is 1.96. The van der Waals surface area contributed by atoms with Gasteiger partial charge in [-0.3, -0.25) is 0 Å². The molecule has 0 aromatic heterocycles. The number of nitrogens with one attached hydrogen (secondary N) is 1. The first-order valence-corrected chi connectivity index (χ1v) is 8.13. The summed E-state index contributed by atoms with van der Waals surface area (Å²) < 4.78 is 24.2. The summed E-state index contributed by atoms with van der Waals surface area (Å²) in [5.41, 5.74) is 0.983. The van der Waals surface area contributed by atoms with Crippen LogP contribution in [0.5, 0.6) is 0 Å². The lowest BCUT2D eigenvalue weighted by atomic mass is 10.2. The molecule has 0 heterocycles. The smallest absolute Gasteiger partial charge is 0.178 e. The second-order valence-electron chi connectivity index (χ2n) is 4.74. The van der Waals surface area contributed by atoms with Gasteiger partial charge in [0.2, 0.25) is 0 Å². The molecular formula is C14H23NO2S. The van der Waals surface area contributed by atoms with Gasteiger partial charge < -0.3 is 5.32 Å². The molecule has 1 N–H and O–H groups in total. The topological polar surface area (TPSA) is 46.2 Å². The van der Waals surface area contributed by atoms with Crippen LogP contribution in [0.15, 0.2) is 29.2 Å². The first kappa shape index (κ1) is 15.2. The Labute approximate surface area is 111 Å². The molecule has 0 aliphatic rings. The predicted octanol–water partition coefficient (Wildman–Crippen LogP) is 2.55. The van der Waals surface area contributed by atoms with Crippen LogP contribution in [0.3, 0.4) is 0 Å². The van der Waals surface area contributed by atoms with E-state index in [1.807, 2.05) is 13.0 Å². The van der Waals surface area contributed by atoms with E-state index in [4.69, 9.17) is 0 Å². The lowest BCUT2D eigenvalue weighted by Gasteiger charge is -2.12. The van der Waals surface area contributed by atoms with E-state index in [1.54, 1.807) is 18.2 Å². The lowest BCUT2D eigenvalue weighted by Crippen LogP contribution is -2.26. The molecule has 1 atom stereocenters. The molecule has 0 saturated heterocycles. The summed E-state index contributed by atoms with van der Waals surface area (Å²) in [6.07, 6.45) is 1.59. The average Bonchev–Trinajstić information content (AvgIpc) is 2.29. The van der Waals surface area contributed by atoms with Crippen molar-refractivity contribution in [2.24, 2.45) is 0 Å². The van der Waals surface area contributed by atoms with Gasteiger partial charge in [-0.1, -0.05) is 19.1 Å². The minimum Gasteiger partial charge on any atom is -0.315 e. The lowest BCUT2D eigenvalue weighted by molar-refractivity contribution is 0.521. The Morgan fingerprint density at radius 1 is 1.33 bits per heavy atom. The summed E-state index contributed by atoms with van der Waals surface area (Å²) >= 11 is 0. The maximum Gasteiger partial charge on any atom is 0.178 e. The highest BCUT2D eigenvalue weighted by Crippen LogP contribution is 2.14. The molecule has 0 fully saturated rings. The van der Waals surface area contributed by atoms with Crippen molar-refractivity contribution < 1.29 is 8.42 Å². The molecule has 102 valence electrons. The van der Waals surface area contributed by atoms with Gasteiger partial charge in [-0.2, -0.15) is 0 Å². The van der Waals surface area contributed by atoms with Crippen LogP contribution < -0.4 is 5.32 Å². The van der Waals surface area contributed by atoms with Crippen LogP contribution in [0.25, 0.3) is 0 Å². The van der Waals surface area contributed by atoms with Crippen molar-refractivity contribution in [1.29, 1.82) is 0 Å². The Bertz CT molecular complexity index is 468. The van der Waals surface area contributed by atoms with E-state index in [1.165, 1.54) is 0 Å². The van der Waals surface area contributed by atoms with Gasteiger partial charge in [0.1, 0.15) is 0 Å². The van der Waals surface area contributed by atoms with E-state index in [0.29, 0.717) is 17.4 Å². The second-order valence-corrected chi connectivity index (χ2v) is 6.85. The normalized spacial score (nSPS) is 13.5. The summed E-state index contributed by atoms with van der Waals surface area (Å²) in [4.78, 5) is 0.443. The number of hydrogen-bond donors (Lipinski definition) is 1. The third-order valence-electron chi connectivity index (χ3n) is 2.95. The van der Waals surface area contributed by atoms with Crippen LogP contribution in [-0.4, -0.2) is 26.8 Å². The molecule has 0 aliphatic carbocycles. The molecule has 0 bridgehead atoms. The van der Waals surface area contributed by atoms with Crippen LogP contribution in [0.1, 0.15) is 32.3 Å². The number of rotatable bonds is 7. The first-order valence-electron chi connectivity index (χ1n) is 6.48. The molecule has 0 amide bonds. The molecule has 0 radical (unpaired) electrons. The van der Waals surface area contributed by atoms with Gasteiger partial charge in [-0.25, -0.2) is 8.42 Å². The van der Waals surface area contributed by atoms with Crippen LogP contribution in [-0.2, 0) is 9.84 Å². The molecular weight excluding hydrogens is 246 g/mol. The summed E-state index contributed by atoms with van der Waals surface area (Å²) in [7, 11) is -3.12. The zero-order chi connectivity index (χ0) is 13.6. The summed E-state index contributed by atoms with van der Waals surface area (Å²) in [5, 5.41) is 3.29. The second kappa shape index (κ2) is 6.90. The molecule has 1 unspecified atom stereocenters. The average molecular weight is 269 g/mol. The van der Waals surface area contributed by atoms with Crippen LogP contribution >= 0.6 is 0 Å². The van der Waals surface area contributed by atoms with E-state index in [2.05, 4.69) is 19.2 Å². The largest absolute Gasteiger partial charge is 0.315 e. The third-order valence-corrected chi connectivity index (χ3v) is 4.75. The van der Waals surface area contributed by atoms with Gasteiger partial charge in [0, 0.05) is 6.04 Å². The van der Waals surface area contributed by atoms with E-state index in [0.717, 1.165) is 18.5 Å². The fourth-order valence-corrected chi connectivity index (χ4v) is 3.39. The monoisotopic (exact) mass is 269 g/mol. The Balaban J connectivity index is 2.55. The highest BCUT2D eigenvalue weighted by molar-refractivity contribution is 7.91. The quantitative estimate of drug-likeness (QED) is 0.827. The Kier molecular flexibility index (Phi) is 5.82. The van der Waals surface area contributed by atoms with Gasteiger partial charge in [-0.05, 0) is 50.9 Å². The molecule has 0 saturated carbocycles. The fraction of sp³-hybridized carbons (Fsp3) is 0.571. The minimum atomic E-state index is -3.12. The van der Waals surface area contributed by atoms with Crippen LogP contribution in [0.4, 0.5) is 0 Å². The van der Waals surface area contributed by atoms with Crippen molar-refractivity contribution >= 4 is 9.84 Å². The molecule has 1 rings (SSSR count). The molecule has 0 aliphatic heterocycles. The van der Waals surface area contributed by atoms with Crippen LogP contribution in [0.2, 0.25) is 0 Å². The number of hydrogen-bond acceptors (Lipinski definition) is 3. The van der Waals surface area contributed by atoms with Crippen molar-refractivity contribution in [3.63, 3.8) is 0 Å². The number of sulfone groups is 1. The van der Waals surface area contributed by atoms with Gasteiger partial charge in [0.15, 0.2) is 9.84 Å². The minimum absolute atomic E-state index is 0.228. The SMILES string of the molecule is CCNC(C)CCCS(=O)(=O)c1cccc(C)c1. The summed E-state index contributed by atoms with van der Waals surface area (Å²) in [6, 6.07) is 7.50. The van der Waals surface area contributed by atoms with Crippen molar-refractivity contribution in [2.45, 2.75) is 44.6 Å². The molecule has 0 spiro atoms. The van der Waals surface area contributed by atoms with Gasteiger partial charge in [-0.15, -0.1) is 0 Å². The maximum atomic E-state index is 12.1. The molecule has 18 heavy (non-hydrogen) atoms. The zero-order valence-corrected chi connectivity index (χ0v) is 12.3. The van der Waals surface area contributed by atoms with Crippen molar-refractivity contribution in [3.8, 4) is 0 Å². The third kappa shape index (κ3) is 4.78. The maximum absolute atomic E-state index is 12.1. The Morgan fingerprint density at radius 3 is 2.67 bits per heavy atom. The highest BCUT2D eigenvalue weighted by atomic mass is 32.2. The predicted molar refractivity (Wildman–Crippen MR) is 75.6 cm³/mol. The molecule has 1 aromatic carbocycles. The van der Waals surface area contributed by atoms with Gasteiger partial charge in [0.05, 0.1) is 10.6 Å². The van der Waals surface area contributed by atoms with Crippen molar-refractivity contribution in [3.05, 3.63) is 29.8 Å². The van der Waals surface area contributed by atoms with Crippen molar-refractivity contribution in [1.82, 2.24) is 5.32 Å². The van der Waals surface area contributed by atoms with Crippen molar-refractivity contribution in [2.75, 3.05) is 12.3 Å². The van der Waals surface area contributed by atoms with E-state index < -0.39 is 9.84 Å².